The Labute approximate surface area is 172 Å². The summed E-state index contributed by atoms with van der Waals surface area (Å²) in [6.07, 6.45) is 7.58. The normalized spacial score (nSPS) is 10.9. The maximum atomic E-state index is 3.67. The van der Waals surface area contributed by atoms with Gasteiger partial charge in [0.1, 0.15) is 0 Å². The van der Waals surface area contributed by atoms with Crippen molar-refractivity contribution < 1.29 is 0 Å². The smallest absolute Gasteiger partial charge is 0.0234 e. The van der Waals surface area contributed by atoms with E-state index >= 15 is 0 Å². The third kappa shape index (κ3) is 5.81. The van der Waals surface area contributed by atoms with Crippen LogP contribution in [0.2, 0.25) is 0 Å². The summed E-state index contributed by atoms with van der Waals surface area (Å²) in [4.78, 5) is 0. The fourth-order valence-electron chi connectivity index (χ4n) is 3.68. The number of benzene rings is 3. The summed E-state index contributed by atoms with van der Waals surface area (Å²) in [5.74, 6) is 0. The molecule has 0 aromatic heterocycles. The van der Waals surface area contributed by atoms with Gasteiger partial charge in [0.15, 0.2) is 0 Å². The highest BCUT2D eigenvalue weighted by Crippen LogP contribution is 2.29. The van der Waals surface area contributed by atoms with Gasteiger partial charge >= 0.3 is 0 Å². The monoisotopic (exact) mass is 420 g/mol. The van der Waals surface area contributed by atoms with Crippen molar-refractivity contribution in [3.63, 3.8) is 0 Å². The standard InChI is InChI=1S/C26H29Br/c1-20-17-25(18-21(2)26(20)27)24-16-10-15-23(19-24)14-7-4-3-6-11-22-12-8-5-9-13-22/h5,8-10,12-13,15-19H,3-4,6-7,11,14H2,1-2H3. The number of rotatable bonds is 8. The van der Waals surface area contributed by atoms with Crippen molar-refractivity contribution >= 4 is 15.9 Å². The lowest BCUT2D eigenvalue weighted by atomic mass is 9.97. The zero-order valence-corrected chi connectivity index (χ0v) is 18.1. The first-order valence-corrected chi connectivity index (χ1v) is 10.8. The topological polar surface area (TPSA) is 0 Å². The molecule has 27 heavy (non-hydrogen) atoms. The van der Waals surface area contributed by atoms with Crippen molar-refractivity contribution in [2.75, 3.05) is 0 Å². The Balaban J connectivity index is 1.49. The second-order valence-corrected chi connectivity index (χ2v) is 8.32. The largest absolute Gasteiger partial charge is 0.0622 e. The van der Waals surface area contributed by atoms with Gasteiger partial charge in [0.25, 0.3) is 0 Å². The SMILES string of the molecule is Cc1cc(-c2cccc(CCCCCCc3ccccc3)c2)cc(C)c1Br. The zero-order chi connectivity index (χ0) is 19.1. The molecule has 140 valence electrons. The molecule has 0 heterocycles. The molecule has 0 unspecified atom stereocenters. The van der Waals surface area contributed by atoms with E-state index in [1.54, 1.807) is 0 Å². The van der Waals surface area contributed by atoms with Crippen LogP contribution >= 0.6 is 15.9 Å². The van der Waals surface area contributed by atoms with Crippen LogP contribution in [0.1, 0.15) is 47.9 Å². The Hall–Kier alpha value is -1.86. The Morgan fingerprint density at radius 3 is 1.85 bits per heavy atom. The fraction of sp³-hybridized carbons (Fsp3) is 0.308. The minimum atomic E-state index is 1.17. The molecular formula is C26H29Br. The van der Waals surface area contributed by atoms with E-state index in [0.29, 0.717) is 0 Å². The van der Waals surface area contributed by atoms with E-state index in [0.717, 1.165) is 0 Å². The number of halogens is 1. The van der Waals surface area contributed by atoms with Crippen molar-refractivity contribution in [1.29, 1.82) is 0 Å². The Morgan fingerprint density at radius 2 is 1.19 bits per heavy atom. The van der Waals surface area contributed by atoms with Gasteiger partial charge in [-0.2, -0.15) is 0 Å². The lowest BCUT2D eigenvalue weighted by molar-refractivity contribution is 0.640. The first-order chi connectivity index (χ1) is 13.1. The summed E-state index contributed by atoms with van der Waals surface area (Å²) in [6, 6.07) is 24.5. The summed E-state index contributed by atoms with van der Waals surface area (Å²) in [6.45, 7) is 4.33. The van der Waals surface area contributed by atoms with Crippen molar-refractivity contribution in [2.24, 2.45) is 0 Å². The van der Waals surface area contributed by atoms with E-state index in [2.05, 4.69) is 96.5 Å². The minimum absolute atomic E-state index is 1.17. The fourth-order valence-corrected chi connectivity index (χ4v) is 3.90. The van der Waals surface area contributed by atoms with Crippen LogP contribution in [0.25, 0.3) is 11.1 Å². The van der Waals surface area contributed by atoms with Crippen molar-refractivity contribution in [3.8, 4) is 11.1 Å². The van der Waals surface area contributed by atoms with Crippen LogP contribution < -0.4 is 0 Å². The summed E-state index contributed by atoms with van der Waals surface area (Å²) in [5, 5.41) is 0. The molecular weight excluding hydrogens is 392 g/mol. The number of aryl methyl sites for hydroxylation is 4. The van der Waals surface area contributed by atoms with Crippen LogP contribution in [0.4, 0.5) is 0 Å². The summed E-state index contributed by atoms with van der Waals surface area (Å²) in [7, 11) is 0. The quantitative estimate of drug-likeness (QED) is 0.323. The Kier molecular flexibility index (Phi) is 7.29. The molecule has 0 aliphatic rings. The van der Waals surface area contributed by atoms with E-state index in [1.165, 1.54) is 76.4 Å². The Bertz CT molecular complexity index is 841. The molecule has 0 atom stereocenters. The molecule has 0 saturated heterocycles. The van der Waals surface area contributed by atoms with Gasteiger partial charge in [-0.25, -0.2) is 0 Å². The van der Waals surface area contributed by atoms with Crippen molar-refractivity contribution in [3.05, 3.63) is 93.5 Å². The van der Waals surface area contributed by atoms with Crippen LogP contribution in [0.5, 0.6) is 0 Å². The van der Waals surface area contributed by atoms with Gasteiger partial charge in [-0.15, -0.1) is 0 Å². The van der Waals surface area contributed by atoms with Gasteiger partial charge < -0.3 is 0 Å². The predicted molar refractivity (Wildman–Crippen MR) is 121 cm³/mol. The maximum absolute atomic E-state index is 3.67. The molecule has 0 bridgehead atoms. The average Bonchev–Trinajstić information content (AvgIpc) is 2.69. The molecule has 1 heteroatoms. The highest BCUT2D eigenvalue weighted by molar-refractivity contribution is 9.10. The number of hydrogen-bond acceptors (Lipinski definition) is 0. The average molecular weight is 421 g/mol. The highest BCUT2D eigenvalue weighted by atomic mass is 79.9. The van der Waals surface area contributed by atoms with Crippen molar-refractivity contribution in [1.82, 2.24) is 0 Å². The van der Waals surface area contributed by atoms with Gasteiger partial charge in [0.2, 0.25) is 0 Å². The summed E-state index contributed by atoms with van der Waals surface area (Å²) >= 11 is 3.67. The molecule has 0 amide bonds. The van der Waals surface area contributed by atoms with E-state index in [1.807, 2.05) is 0 Å². The van der Waals surface area contributed by atoms with Crippen molar-refractivity contribution in [2.45, 2.75) is 52.4 Å². The number of unbranched alkanes of at least 4 members (excludes halogenated alkanes) is 3. The predicted octanol–water partition coefficient (Wildman–Crippen LogP) is 8.08. The van der Waals surface area contributed by atoms with Crippen LogP contribution in [0.15, 0.2) is 71.2 Å². The molecule has 3 aromatic carbocycles. The molecule has 0 aliphatic heterocycles. The summed E-state index contributed by atoms with van der Waals surface area (Å²) < 4.78 is 1.22. The second-order valence-electron chi connectivity index (χ2n) is 7.52. The van der Waals surface area contributed by atoms with Gasteiger partial charge in [0, 0.05) is 4.47 Å². The molecule has 0 radical (unpaired) electrons. The van der Waals surface area contributed by atoms with E-state index in [-0.39, 0.29) is 0 Å². The van der Waals surface area contributed by atoms with E-state index < -0.39 is 0 Å². The van der Waals surface area contributed by atoms with Crippen LogP contribution in [-0.4, -0.2) is 0 Å². The van der Waals surface area contributed by atoms with Crippen LogP contribution in [-0.2, 0) is 12.8 Å². The Morgan fingerprint density at radius 1 is 0.593 bits per heavy atom. The third-order valence-corrected chi connectivity index (χ3v) is 6.47. The van der Waals surface area contributed by atoms with Crippen LogP contribution in [0.3, 0.4) is 0 Å². The molecule has 0 fully saturated rings. The molecule has 3 rings (SSSR count). The molecule has 0 aliphatic carbocycles. The highest BCUT2D eigenvalue weighted by Gasteiger charge is 2.05. The van der Waals surface area contributed by atoms with Crippen LogP contribution in [0, 0.1) is 13.8 Å². The first-order valence-electron chi connectivity index (χ1n) is 10.0. The first kappa shape index (κ1) is 19.9. The second kappa shape index (κ2) is 9.90. The van der Waals surface area contributed by atoms with Gasteiger partial charge in [0.05, 0.1) is 0 Å². The minimum Gasteiger partial charge on any atom is -0.0622 e. The molecule has 0 N–H and O–H groups in total. The molecule has 0 nitrogen and oxygen atoms in total. The third-order valence-electron chi connectivity index (χ3n) is 5.22. The number of hydrogen-bond donors (Lipinski definition) is 0. The molecule has 3 aromatic rings. The van der Waals surface area contributed by atoms with Gasteiger partial charge in [-0.1, -0.05) is 95.5 Å². The zero-order valence-electron chi connectivity index (χ0n) is 16.5. The van der Waals surface area contributed by atoms with Gasteiger partial charge in [-0.05, 0) is 72.9 Å². The van der Waals surface area contributed by atoms with Gasteiger partial charge in [-0.3, -0.25) is 0 Å². The van der Waals surface area contributed by atoms with E-state index in [4.69, 9.17) is 0 Å². The molecule has 0 saturated carbocycles. The summed E-state index contributed by atoms with van der Waals surface area (Å²) in [5.41, 5.74) is 8.16. The lowest BCUT2D eigenvalue weighted by Crippen LogP contribution is -1.90. The van der Waals surface area contributed by atoms with E-state index in [9.17, 15) is 0 Å². The lowest BCUT2D eigenvalue weighted by Gasteiger charge is -2.10. The molecule has 0 spiro atoms. The maximum Gasteiger partial charge on any atom is 0.0234 e.